The van der Waals surface area contributed by atoms with Crippen molar-refractivity contribution in [2.75, 3.05) is 20.1 Å². The number of aliphatic hydroxyl groups excluding tert-OH is 1. The molecule has 0 amide bonds. The van der Waals surface area contributed by atoms with Gasteiger partial charge in [-0.05, 0) is 54.5 Å². The number of hydrogen-bond acceptors (Lipinski definition) is 4. The summed E-state index contributed by atoms with van der Waals surface area (Å²) in [7, 11) is -1.55. The largest absolute Gasteiger partial charge is 0.392 e. The number of benzene rings is 1. The van der Waals surface area contributed by atoms with Gasteiger partial charge in [-0.2, -0.15) is 4.31 Å². The summed E-state index contributed by atoms with van der Waals surface area (Å²) in [6, 6.07) is 5.25. The zero-order chi connectivity index (χ0) is 15.8. The Hall–Kier alpha value is -0.470. The highest BCUT2D eigenvalue weighted by Crippen LogP contribution is 2.28. The maximum Gasteiger partial charge on any atom is 0.244 e. The van der Waals surface area contributed by atoms with Gasteiger partial charge in [-0.1, -0.05) is 6.07 Å². The van der Waals surface area contributed by atoms with E-state index in [1.54, 1.807) is 12.1 Å². The summed E-state index contributed by atoms with van der Waals surface area (Å²) >= 11 is 3.31. The van der Waals surface area contributed by atoms with Gasteiger partial charge in [0.1, 0.15) is 0 Å². The van der Waals surface area contributed by atoms with E-state index in [0.29, 0.717) is 23.1 Å². The summed E-state index contributed by atoms with van der Waals surface area (Å²) < 4.78 is 27.8. The Morgan fingerprint density at radius 3 is 2.38 bits per heavy atom. The number of halogens is 1. The predicted octanol–water partition coefficient (Wildman–Crippen LogP) is 1.65. The summed E-state index contributed by atoms with van der Waals surface area (Å²) in [4.78, 5) is 2.41. The molecule has 2 unspecified atom stereocenters. The molecule has 1 N–H and O–H groups in total. The van der Waals surface area contributed by atoms with Crippen molar-refractivity contribution in [3.05, 3.63) is 28.2 Å². The van der Waals surface area contributed by atoms with Crippen molar-refractivity contribution < 1.29 is 13.5 Å². The number of likely N-dealkylation sites (N-methyl/N-ethyl adjacent to an activating group) is 1. The van der Waals surface area contributed by atoms with Crippen LogP contribution in [-0.4, -0.2) is 55.0 Å². The number of aliphatic hydroxyl groups is 1. The Labute approximate surface area is 134 Å². The van der Waals surface area contributed by atoms with Crippen molar-refractivity contribution >= 4 is 26.0 Å². The fourth-order valence-electron chi connectivity index (χ4n) is 2.54. The van der Waals surface area contributed by atoms with Crippen LogP contribution in [0.5, 0.6) is 0 Å². The van der Waals surface area contributed by atoms with Crippen LogP contribution < -0.4 is 0 Å². The third kappa shape index (κ3) is 3.32. The van der Waals surface area contributed by atoms with E-state index >= 15 is 0 Å². The van der Waals surface area contributed by atoms with E-state index in [1.807, 2.05) is 20.9 Å². The van der Waals surface area contributed by atoms with Crippen LogP contribution in [-0.2, 0) is 16.6 Å². The second kappa shape index (κ2) is 6.34. The molecule has 2 atom stereocenters. The summed E-state index contributed by atoms with van der Waals surface area (Å²) in [5.74, 6) is 0. The molecule has 1 heterocycles. The van der Waals surface area contributed by atoms with Gasteiger partial charge in [0.2, 0.25) is 10.0 Å². The molecule has 1 aliphatic rings. The molecule has 0 saturated carbocycles. The molecule has 0 spiro atoms. The van der Waals surface area contributed by atoms with E-state index in [0.717, 1.165) is 0 Å². The van der Waals surface area contributed by atoms with Gasteiger partial charge in [0.25, 0.3) is 0 Å². The van der Waals surface area contributed by atoms with E-state index in [4.69, 9.17) is 0 Å². The third-order valence-corrected chi connectivity index (χ3v) is 6.95. The second-order valence-electron chi connectivity index (χ2n) is 5.61. The Morgan fingerprint density at radius 1 is 1.29 bits per heavy atom. The van der Waals surface area contributed by atoms with Gasteiger partial charge in [0.15, 0.2) is 0 Å². The van der Waals surface area contributed by atoms with Gasteiger partial charge < -0.3 is 5.11 Å². The second-order valence-corrected chi connectivity index (χ2v) is 8.37. The molecule has 2 rings (SSSR count). The number of piperazine rings is 1. The minimum atomic E-state index is -3.57. The molecule has 0 aromatic heterocycles. The molecule has 0 radical (unpaired) electrons. The summed E-state index contributed by atoms with van der Waals surface area (Å²) in [6.45, 7) is 4.82. The average Bonchev–Trinajstić information content (AvgIpc) is 2.44. The van der Waals surface area contributed by atoms with Crippen LogP contribution in [0.1, 0.15) is 19.4 Å². The predicted molar refractivity (Wildman–Crippen MR) is 85.5 cm³/mol. The van der Waals surface area contributed by atoms with Gasteiger partial charge in [-0.3, -0.25) is 4.90 Å². The third-order valence-electron chi connectivity index (χ3n) is 4.12. The molecule has 1 saturated heterocycles. The normalized spacial score (nSPS) is 25.2. The van der Waals surface area contributed by atoms with E-state index in [9.17, 15) is 13.5 Å². The van der Waals surface area contributed by atoms with E-state index < -0.39 is 10.0 Å². The van der Waals surface area contributed by atoms with E-state index in [-0.39, 0.29) is 23.6 Å². The molecule has 0 bridgehead atoms. The van der Waals surface area contributed by atoms with Crippen molar-refractivity contribution in [1.29, 1.82) is 0 Å². The van der Waals surface area contributed by atoms with Crippen LogP contribution in [0, 0.1) is 0 Å². The SMILES string of the molecule is CC1CN(S(=O)(=O)c2cc(CO)ccc2Br)CC(C)N1C. The molecule has 1 aromatic carbocycles. The molecule has 1 fully saturated rings. The topological polar surface area (TPSA) is 60.9 Å². The number of nitrogens with zero attached hydrogens (tertiary/aromatic N) is 2. The zero-order valence-electron chi connectivity index (χ0n) is 12.5. The summed E-state index contributed by atoms with van der Waals surface area (Å²) in [6.07, 6.45) is 0. The first-order chi connectivity index (χ1) is 9.77. The van der Waals surface area contributed by atoms with Crippen molar-refractivity contribution in [2.24, 2.45) is 0 Å². The number of sulfonamides is 1. The standard InChI is InChI=1S/C14H21BrN2O3S/c1-10-7-17(8-11(2)16(10)3)21(19,20)14-6-12(9-18)4-5-13(14)15/h4-6,10-11,18H,7-9H2,1-3H3. The Kier molecular flexibility index (Phi) is 5.10. The van der Waals surface area contributed by atoms with Crippen molar-refractivity contribution in [3.8, 4) is 0 Å². The Morgan fingerprint density at radius 2 is 1.86 bits per heavy atom. The Balaban J connectivity index is 2.38. The highest BCUT2D eigenvalue weighted by atomic mass is 79.9. The van der Waals surface area contributed by atoms with Crippen LogP contribution in [0.25, 0.3) is 0 Å². The monoisotopic (exact) mass is 376 g/mol. The van der Waals surface area contributed by atoms with Gasteiger partial charge in [-0.15, -0.1) is 0 Å². The van der Waals surface area contributed by atoms with Crippen LogP contribution in [0.3, 0.4) is 0 Å². The summed E-state index contributed by atoms with van der Waals surface area (Å²) in [5, 5.41) is 9.22. The number of rotatable bonds is 3. The number of hydrogen-bond donors (Lipinski definition) is 1. The first-order valence-corrected chi connectivity index (χ1v) is 9.12. The minimum absolute atomic E-state index is 0.170. The zero-order valence-corrected chi connectivity index (χ0v) is 14.9. The van der Waals surface area contributed by atoms with Crippen molar-refractivity contribution in [3.63, 3.8) is 0 Å². The highest BCUT2D eigenvalue weighted by molar-refractivity contribution is 9.10. The lowest BCUT2D eigenvalue weighted by Gasteiger charge is -2.41. The lowest BCUT2D eigenvalue weighted by atomic mass is 10.1. The van der Waals surface area contributed by atoms with Crippen LogP contribution in [0.15, 0.2) is 27.6 Å². The molecule has 0 aliphatic carbocycles. The molecule has 21 heavy (non-hydrogen) atoms. The molecule has 7 heteroatoms. The maximum atomic E-state index is 12.9. The van der Waals surface area contributed by atoms with E-state index in [1.165, 1.54) is 10.4 Å². The minimum Gasteiger partial charge on any atom is -0.392 e. The van der Waals surface area contributed by atoms with Gasteiger partial charge >= 0.3 is 0 Å². The molecule has 1 aromatic rings. The first kappa shape index (κ1) is 16.9. The Bertz CT molecular complexity index is 609. The molecule has 1 aliphatic heterocycles. The van der Waals surface area contributed by atoms with Crippen LogP contribution in [0.4, 0.5) is 0 Å². The molecule has 118 valence electrons. The molecular weight excluding hydrogens is 356 g/mol. The summed E-state index contributed by atoms with van der Waals surface area (Å²) in [5.41, 5.74) is 0.590. The van der Waals surface area contributed by atoms with Gasteiger partial charge in [0, 0.05) is 29.6 Å². The lowest BCUT2D eigenvalue weighted by Crippen LogP contribution is -2.56. The quantitative estimate of drug-likeness (QED) is 0.871. The first-order valence-electron chi connectivity index (χ1n) is 6.88. The molecular formula is C14H21BrN2O3S. The van der Waals surface area contributed by atoms with E-state index in [2.05, 4.69) is 20.8 Å². The average molecular weight is 377 g/mol. The van der Waals surface area contributed by atoms with Crippen LogP contribution in [0.2, 0.25) is 0 Å². The lowest BCUT2D eigenvalue weighted by molar-refractivity contribution is 0.105. The maximum absolute atomic E-state index is 12.9. The fraction of sp³-hybridized carbons (Fsp3) is 0.571. The van der Waals surface area contributed by atoms with Crippen molar-refractivity contribution in [2.45, 2.75) is 37.4 Å². The van der Waals surface area contributed by atoms with Gasteiger partial charge in [0.05, 0.1) is 11.5 Å². The van der Waals surface area contributed by atoms with Crippen molar-refractivity contribution in [1.82, 2.24) is 9.21 Å². The highest BCUT2D eigenvalue weighted by Gasteiger charge is 2.35. The molecule has 5 nitrogen and oxygen atoms in total. The smallest absolute Gasteiger partial charge is 0.244 e. The van der Waals surface area contributed by atoms with Crippen LogP contribution >= 0.6 is 15.9 Å². The van der Waals surface area contributed by atoms with Gasteiger partial charge in [-0.25, -0.2) is 8.42 Å². The fourth-order valence-corrected chi connectivity index (χ4v) is 5.11.